The first-order valence-corrected chi connectivity index (χ1v) is 21.1. The van der Waals surface area contributed by atoms with E-state index in [1.54, 1.807) is 0 Å². The van der Waals surface area contributed by atoms with Gasteiger partial charge >= 0.3 is 0 Å². The fraction of sp³-hybridized carbons (Fsp3) is 0.0351. The number of aryl methyl sites for hydroxylation is 1. The van der Waals surface area contributed by atoms with Crippen LogP contribution < -0.4 is 0 Å². The zero-order valence-corrected chi connectivity index (χ0v) is 33.5. The lowest BCUT2D eigenvalue weighted by Crippen LogP contribution is -2.01. The van der Waals surface area contributed by atoms with Gasteiger partial charge in [0.2, 0.25) is 0 Å². The molecule has 0 unspecified atom stereocenters. The molecule has 0 spiro atoms. The van der Waals surface area contributed by atoms with Crippen LogP contribution in [0.5, 0.6) is 0 Å². The molecule has 3 heterocycles. The van der Waals surface area contributed by atoms with Crippen molar-refractivity contribution in [3.63, 3.8) is 0 Å². The third-order valence-corrected chi connectivity index (χ3v) is 12.6. The summed E-state index contributed by atoms with van der Waals surface area (Å²) in [5.74, 6) is 2.79. The Kier molecular flexibility index (Phi) is 7.66. The first kappa shape index (κ1) is 34.7. The molecule has 5 nitrogen and oxygen atoms in total. The molecular formula is C57H35N3O2. The number of fused-ring (bicyclic) bond motifs is 10. The Hall–Kier alpha value is -8.15. The maximum atomic E-state index is 6.37. The normalized spacial score (nSPS) is 12.6. The number of para-hydroxylation sites is 1. The summed E-state index contributed by atoms with van der Waals surface area (Å²) in [6, 6.07) is 61.9. The minimum Gasteiger partial charge on any atom is -0.456 e. The maximum absolute atomic E-state index is 6.37. The highest BCUT2D eigenvalue weighted by molar-refractivity contribution is 6.19. The van der Waals surface area contributed by atoms with Crippen molar-refractivity contribution in [1.29, 1.82) is 0 Å². The molecule has 9 aromatic carbocycles. The van der Waals surface area contributed by atoms with Crippen molar-refractivity contribution >= 4 is 71.3 Å². The Balaban J connectivity index is 1.03. The molecule has 12 aromatic rings. The molecule has 0 radical (unpaired) electrons. The second-order valence-electron chi connectivity index (χ2n) is 16.2. The lowest BCUT2D eigenvalue weighted by Gasteiger charge is -2.14. The molecule has 290 valence electrons. The van der Waals surface area contributed by atoms with Crippen molar-refractivity contribution < 1.29 is 8.83 Å². The van der Waals surface area contributed by atoms with E-state index in [2.05, 4.69) is 176 Å². The van der Waals surface area contributed by atoms with E-state index in [1.807, 2.05) is 12.1 Å². The number of aromatic nitrogens is 3. The van der Waals surface area contributed by atoms with E-state index >= 15 is 0 Å². The Morgan fingerprint density at radius 3 is 1.87 bits per heavy atom. The highest BCUT2D eigenvalue weighted by Crippen LogP contribution is 2.43. The summed E-state index contributed by atoms with van der Waals surface area (Å²) in [6.07, 6.45) is 6.28. The van der Waals surface area contributed by atoms with Crippen LogP contribution in [0, 0.1) is 0 Å². The van der Waals surface area contributed by atoms with Gasteiger partial charge < -0.3 is 8.83 Å². The van der Waals surface area contributed by atoms with Crippen LogP contribution in [-0.2, 0) is 6.42 Å². The van der Waals surface area contributed by atoms with E-state index in [-0.39, 0.29) is 0 Å². The van der Waals surface area contributed by atoms with Crippen molar-refractivity contribution in [1.82, 2.24) is 15.0 Å². The molecule has 0 amide bonds. The number of furan rings is 2. The summed E-state index contributed by atoms with van der Waals surface area (Å²) in [7, 11) is 0. The van der Waals surface area contributed by atoms with Gasteiger partial charge in [0.15, 0.2) is 17.5 Å². The highest BCUT2D eigenvalue weighted by atomic mass is 16.3. The molecular weight excluding hydrogens is 759 g/mol. The zero-order valence-electron chi connectivity index (χ0n) is 33.5. The molecule has 0 saturated carbocycles. The average molecular weight is 794 g/mol. The van der Waals surface area contributed by atoms with Gasteiger partial charge in [-0.15, -0.1) is 0 Å². The maximum Gasteiger partial charge on any atom is 0.164 e. The van der Waals surface area contributed by atoms with E-state index in [1.165, 1.54) is 22.1 Å². The first-order valence-electron chi connectivity index (χ1n) is 21.1. The Morgan fingerprint density at radius 1 is 0.371 bits per heavy atom. The molecule has 62 heavy (non-hydrogen) atoms. The monoisotopic (exact) mass is 793 g/mol. The fourth-order valence-corrected chi connectivity index (χ4v) is 9.62. The van der Waals surface area contributed by atoms with Gasteiger partial charge in [-0.25, -0.2) is 15.0 Å². The van der Waals surface area contributed by atoms with Crippen LogP contribution in [0.25, 0.3) is 128 Å². The van der Waals surface area contributed by atoms with Gasteiger partial charge in [-0.05, 0) is 116 Å². The molecule has 1 aliphatic rings. The number of hydrogen-bond acceptors (Lipinski definition) is 5. The van der Waals surface area contributed by atoms with Crippen LogP contribution in [0.15, 0.2) is 191 Å². The smallest absolute Gasteiger partial charge is 0.164 e. The van der Waals surface area contributed by atoms with Crippen LogP contribution in [0.1, 0.15) is 17.7 Å². The second kappa shape index (κ2) is 13.7. The van der Waals surface area contributed by atoms with Crippen LogP contribution in [0.3, 0.4) is 0 Å². The van der Waals surface area contributed by atoms with Crippen LogP contribution >= 0.6 is 0 Å². The van der Waals surface area contributed by atoms with Crippen molar-refractivity contribution in [2.45, 2.75) is 12.8 Å². The Bertz CT molecular complexity index is 3820. The second-order valence-corrected chi connectivity index (χ2v) is 16.2. The minimum absolute atomic E-state index is 0.603. The van der Waals surface area contributed by atoms with Gasteiger partial charge in [0.25, 0.3) is 0 Å². The van der Waals surface area contributed by atoms with E-state index in [0.717, 1.165) is 106 Å². The van der Waals surface area contributed by atoms with Gasteiger partial charge in [0.1, 0.15) is 22.5 Å². The molecule has 0 N–H and O–H groups in total. The first-order chi connectivity index (χ1) is 30.7. The van der Waals surface area contributed by atoms with Gasteiger partial charge in [0, 0.05) is 38.4 Å². The Labute approximate surface area is 356 Å². The largest absolute Gasteiger partial charge is 0.456 e. The van der Waals surface area contributed by atoms with Gasteiger partial charge in [-0.2, -0.15) is 0 Å². The Morgan fingerprint density at radius 2 is 1.02 bits per heavy atom. The quantitative estimate of drug-likeness (QED) is 0.174. The average Bonchev–Trinajstić information content (AvgIpc) is 3.92. The van der Waals surface area contributed by atoms with Gasteiger partial charge in [0.05, 0.1) is 0 Å². The summed E-state index contributed by atoms with van der Waals surface area (Å²) in [5, 5.41) is 10.0. The third-order valence-electron chi connectivity index (χ3n) is 12.6. The number of benzene rings is 9. The lowest BCUT2D eigenvalue weighted by atomic mass is 9.90. The fourth-order valence-electron chi connectivity index (χ4n) is 9.62. The predicted octanol–water partition coefficient (Wildman–Crippen LogP) is 15.3. The molecule has 0 atom stereocenters. The minimum atomic E-state index is 0.603. The van der Waals surface area contributed by atoms with Crippen molar-refractivity contribution in [3.05, 3.63) is 193 Å². The van der Waals surface area contributed by atoms with Crippen LogP contribution in [0.4, 0.5) is 0 Å². The number of nitrogens with zero attached hydrogens (tertiary/aromatic N) is 3. The SMILES string of the molecule is C1=Cc2oc3cccc(-c4ccc(-c5nc(-c6ccc7ccc(-c8ccccc8)cc7c6)nc(-c6ccc7ccc8oc9ccccc9c8c7c6)n5)c5ccccc45)c3c2CC1. The molecule has 5 heteroatoms. The molecule has 3 aromatic heterocycles. The summed E-state index contributed by atoms with van der Waals surface area (Å²) < 4.78 is 12.7. The van der Waals surface area contributed by atoms with Crippen molar-refractivity contribution in [2.24, 2.45) is 0 Å². The highest BCUT2D eigenvalue weighted by Gasteiger charge is 2.22. The van der Waals surface area contributed by atoms with E-state index in [9.17, 15) is 0 Å². The van der Waals surface area contributed by atoms with E-state index in [4.69, 9.17) is 23.8 Å². The molecule has 13 rings (SSSR count). The molecule has 0 fully saturated rings. The van der Waals surface area contributed by atoms with E-state index < -0.39 is 0 Å². The van der Waals surface area contributed by atoms with Crippen molar-refractivity contribution in [3.8, 4) is 56.4 Å². The standard InChI is InChI=1S/C57H35N3O2/c1-2-11-34(12-3-1)37-24-21-35-22-25-38(32-40(35)31-37)55-58-56(39-26-23-36-27-30-52-54(48(36)33-39)47-16-7-9-19-50(47)62-52)60-57(59-55)45-29-28-43(41-13-4-5-14-42(41)45)44-17-10-20-51-53(44)46-15-6-8-18-49(46)61-51/h1-5,7-14,16-33H,6,15H2. The van der Waals surface area contributed by atoms with Crippen LogP contribution in [0.2, 0.25) is 0 Å². The van der Waals surface area contributed by atoms with Crippen molar-refractivity contribution in [2.75, 3.05) is 0 Å². The topological polar surface area (TPSA) is 65.0 Å². The van der Waals surface area contributed by atoms with Gasteiger partial charge in [-0.1, -0.05) is 140 Å². The zero-order chi connectivity index (χ0) is 40.7. The predicted molar refractivity (Wildman–Crippen MR) is 254 cm³/mol. The summed E-state index contributed by atoms with van der Waals surface area (Å²) in [5.41, 5.74) is 11.3. The molecule has 0 aliphatic heterocycles. The third kappa shape index (κ3) is 5.52. The van der Waals surface area contributed by atoms with Crippen LogP contribution in [-0.4, -0.2) is 15.0 Å². The molecule has 1 aliphatic carbocycles. The number of hydrogen-bond donors (Lipinski definition) is 0. The van der Waals surface area contributed by atoms with Gasteiger partial charge in [-0.3, -0.25) is 0 Å². The van der Waals surface area contributed by atoms with E-state index in [0.29, 0.717) is 17.5 Å². The number of rotatable bonds is 5. The lowest BCUT2D eigenvalue weighted by molar-refractivity contribution is 0.595. The molecule has 0 bridgehead atoms. The summed E-state index contributed by atoms with van der Waals surface area (Å²) in [4.78, 5) is 15.9. The number of allylic oxidation sites excluding steroid dienone is 1. The summed E-state index contributed by atoms with van der Waals surface area (Å²) >= 11 is 0. The molecule has 0 saturated heterocycles. The summed E-state index contributed by atoms with van der Waals surface area (Å²) in [6.45, 7) is 0.